The number of ether oxygens (including phenoxy) is 2. The molecule has 3 rings (SSSR count). The van der Waals surface area contributed by atoms with E-state index in [9.17, 15) is 18.0 Å². The summed E-state index contributed by atoms with van der Waals surface area (Å²) >= 11 is 0. The fourth-order valence-electron chi connectivity index (χ4n) is 3.32. The molecule has 1 aromatic heterocycles. The van der Waals surface area contributed by atoms with Gasteiger partial charge in [-0.25, -0.2) is 14.8 Å². The number of fused-ring (bicyclic) bond motifs is 2. The molecule has 0 N–H and O–H groups in total. The average Bonchev–Trinajstić information content (AvgIpc) is 3.02. The van der Waals surface area contributed by atoms with E-state index in [4.69, 9.17) is 9.47 Å². The maximum atomic E-state index is 12.5. The Bertz CT molecular complexity index is 643. The van der Waals surface area contributed by atoms with Crippen LogP contribution in [0.25, 0.3) is 0 Å². The molecule has 3 heterocycles. The van der Waals surface area contributed by atoms with Gasteiger partial charge in [-0.3, -0.25) is 4.90 Å². The number of hydrogen-bond acceptors (Lipinski definition) is 5. The molecule has 6 nitrogen and oxygen atoms in total. The smallest absolute Gasteiger partial charge is 0.419 e. The van der Waals surface area contributed by atoms with Gasteiger partial charge >= 0.3 is 18.3 Å². The van der Waals surface area contributed by atoms with Gasteiger partial charge in [-0.1, -0.05) is 0 Å². The van der Waals surface area contributed by atoms with Gasteiger partial charge in [-0.05, 0) is 33.6 Å². The molecule has 0 saturated carbocycles. The van der Waals surface area contributed by atoms with Crippen LogP contribution in [0.4, 0.5) is 18.0 Å². The van der Waals surface area contributed by atoms with Gasteiger partial charge in [0.15, 0.2) is 0 Å². The van der Waals surface area contributed by atoms with Crippen molar-refractivity contribution in [1.82, 2.24) is 14.9 Å². The van der Waals surface area contributed by atoms with Gasteiger partial charge in [-0.2, -0.15) is 13.2 Å². The average molecular weight is 359 g/mol. The first-order valence-corrected chi connectivity index (χ1v) is 8.12. The number of nitrogens with zero attached hydrogens (tertiary/aromatic N) is 3. The molecule has 2 aliphatic rings. The molecule has 1 amide bonds. The van der Waals surface area contributed by atoms with E-state index in [-0.39, 0.29) is 30.3 Å². The number of carbonyl (C=O) groups is 1. The number of hydrogen-bond donors (Lipinski definition) is 0. The van der Waals surface area contributed by atoms with Crippen LogP contribution in [0.15, 0.2) is 12.4 Å². The van der Waals surface area contributed by atoms with Gasteiger partial charge in [0.1, 0.15) is 11.7 Å². The van der Waals surface area contributed by atoms with Gasteiger partial charge in [-0.15, -0.1) is 0 Å². The highest BCUT2D eigenvalue weighted by Crippen LogP contribution is 2.40. The molecule has 138 valence electrons. The minimum atomic E-state index is -4.49. The Morgan fingerprint density at radius 1 is 1.20 bits per heavy atom. The third kappa shape index (κ3) is 3.80. The zero-order valence-electron chi connectivity index (χ0n) is 14.2. The van der Waals surface area contributed by atoms with Crippen molar-refractivity contribution in [2.75, 3.05) is 0 Å². The summed E-state index contributed by atoms with van der Waals surface area (Å²) in [5.74, 6) is 0. The SMILES string of the molecule is CC(C)(C)OC(=O)N1C2CCC1C(Oc1ncc(C(F)(F)F)cn1)C2. The Morgan fingerprint density at radius 3 is 2.40 bits per heavy atom. The van der Waals surface area contributed by atoms with Gasteiger partial charge in [0.25, 0.3) is 0 Å². The fraction of sp³-hybridized carbons (Fsp3) is 0.688. The van der Waals surface area contributed by atoms with Crippen molar-refractivity contribution in [3.63, 3.8) is 0 Å². The molecular weight excluding hydrogens is 339 g/mol. The summed E-state index contributed by atoms with van der Waals surface area (Å²) in [6, 6.07) is -0.278. The van der Waals surface area contributed by atoms with Crippen molar-refractivity contribution in [1.29, 1.82) is 0 Å². The first-order valence-electron chi connectivity index (χ1n) is 8.12. The maximum absolute atomic E-state index is 12.5. The molecule has 2 saturated heterocycles. The summed E-state index contributed by atoms with van der Waals surface area (Å²) < 4.78 is 48.7. The summed E-state index contributed by atoms with van der Waals surface area (Å²) in [4.78, 5) is 21.3. The molecule has 0 spiro atoms. The number of aromatic nitrogens is 2. The van der Waals surface area contributed by atoms with Crippen LogP contribution in [-0.2, 0) is 10.9 Å². The minimum absolute atomic E-state index is 0.0132. The van der Waals surface area contributed by atoms with E-state index in [1.54, 1.807) is 25.7 Å². The Kier molecular flexibility index (Phi) is 4.28. The highest BCUT2D eigenvalue weighted by molar-refractivity contribution is 5.70. The van der Waals surface area contributed by atoms with Crippen molar-refractivity contribution >= 4 is 6.09 Å². The summed E-state index contributed by atoms with van der Waals surface area (Å²) in [5, 5.41) is 0. The van der Waals surface area contributed by atoms with Gasteiger partial charge < -0.3 is 9.47 Å². The highest BCUT2D eigenvalue weighted by atomic mass is 19.4. The quantitative estimate of drug-likeness (QED) is 0.810. The predicted octanol–water partition coefficient (Wildman–Crippen LogP) is 3.41. The summed E-state index contributed by atoms with van der Waals surface area (Å²) in [5.41, 5.74) is -1.52. The van der Waals surface area contributed by atoms with Gasteiger partial charge in [0.05, 0.1) is 11.6 Å². The molecule has 3 unspecified atom stereocenters. The van der Waals surface area contributed by atoms with Crippen LogP contribution in [-0.4, -0.2) is 44.7 Å². The number of amides is 1. The molecule has 0 aliphatic carbocycles. The number of alkyl halides is 3. The van der Waals surface area contributed by atoms with Gasteiger partial charge in [0, 0.05) is 24.9 Å². The lowest BCUT2D eigenvalue weighted by atomic mass is 9.98. The van der Waals surface area contributed by atoms with E-state index in [1.165, 1.54) is 0 Å². The van der Waals surface area contributed by atoms with Crippen molar-refractivity contribution < 1.29 is 27.4 Å². The molecule has 2 fully saturated rings. The zero-order chi connectivity index (χ0) is 18.4. The van der Waals surface area contributed by atoms with Crippen molar-refractivity contribution in [3.05, 3.63) is 18.0 Å². The van der Waals surface area contributed by atoms with Crippen LogP contribution >= 0.6 is 0 Å². The van der Waals surface area contributed by atoms with Crippen molar-refractivity contribution in [2.45, 2.75) is 70.0 Å². The molecule has 0 radical (unpaired) electrons. The predicted molar refractivity (Wildman–Crippen MR) is 81.0 cm³/mol. The van der Waals surface area contributed by atoms with Crippen molar-refractivity contribution in [3.8, 4) is 6.01 Å². The minimum Gasteiger partial charge on any atom is -0.458 e. The largest absolute Gasteiger partial charge is 0.458 e. The zero-order valence-corrected chi connectivity index (χ0v) is 14.2. The second-order valence-electron chi connectivity index (χ2n) is 7.33. The van der Waals surface area contributed by atoms with E-state index in [0.717, 1.165) is 12.8 Å². The fourth-order valence-corrected chi connectivity index (χ4v) is 3.32. The second kappa shape index (κ2) is 6.03. The standard InChI is InChI=1S/C16H20F3N3O3/c1-15(2,3)25-14(23)22-10-4-5-11(22)12(6-10)24-13-20-7-9(8-21-13)16(17,18)19/h7-8,10-12H,4-6H2,1-3H3. The Morgan fingerprint density at radius 2 is 1.84 bits per heavy atom. The lowest BCUT2D eigenvalue weighted by molar-refractivity contribution is -0.138. The lowest BCUT2D eigenvalue weighted by Gasteiger charge is -2.28. The molecule has 2 bridgehead atoms. The maximum Gasteiger partial charge on any atom is 0.419 e. The molecular formula is C16H20F3N3O3. The van der Waals surface area contributed by atoms with Crippen LogP contribution in [0.3, 0.4) is 0 Å². The molecule has 2 aliphatic heterocycles. The van der Waals surface area contributed by atoms with E-state index >= 15 is 0 Å². The Hall–Kier alpha value is -2.06. The van der Waals surface area contributed by atoms with Crippen LogP contribution in [0.2, 0.25) is 0 Å². The van der Waals surface area contributed by atoms with Crippen LogP contribution in [0.5, 0.6) is 6.01 Å². The van der Waals surface area contributed by atoms with Crippen LogP contribution < -0.4 is 4.74 Å². The topological polar surface area (TPSA) is 64.5 Å². The number of rotatable bonds is 2. The van der Waals surface area contributed by atoms with E-state index in [1.807, 2.05) is 0 Å². The normalized spacial score (nSPS) is 26.0. The Balaban J connectivity index is 1.66. The van der Waals surface area contributed by atoms with Gasteiger partial charge in [0.2, 0.25) is 0 Å². The first kappa shape index (κ1) is 17.8. The molecule has 9 heteroatoms. The van der Waals surface area contributed by atoms with Crippen molar-refractivity contribution in [2.24, 2.45) is 0 Å². The van der Waals surface area contributed by atoms with E-state index < -0.39 is 17.3 Å². The van der Waals surface area contributed by atoms with E-state index in [2.05, 4.69) is 9.97 Å². The number of halogens is 3. The second-order valence-corrected chi connectivity index (χ2v) is 7.33. The Labute approximate surface area is 143 Å². The molecule has 25 heavy (non-hydrogen) atoms. The molecule has 3 atom stereocenters. The third-order valence-corrected chi connectivity index (χ3v) is 4.30. The number of carbonyl (C=O) groups excluding carboxylic acids is 1. The van der Waals surface area contributed by atoms with E-state index in [0.29, 0.717) is 18.8 Å². The third-order valence-electron chi connectivity index (χ3n) is 4.30. The summed E-state index contributed by atoms with van der Waals surface area (Å²) in [7, 11) is 0. The lowest BCUT2D eigenvalue weighted by Crippen LogP contribution is -2.42. The summed E-state index contributed by atoms with van der Waals surface area (Å²) in [6.07, 6.45) is -1.62. The monoisotopic (exact) mass is 359 g/mol. The molecule has 0 aromatic carbocycles. The first-order chi connectivity index (χ1) is 11.5. The van der Waals surface area contributed by atoms with Crippen LogP contribution in [0.1, 0.15) is 45.6 Å². The molecule has 1 aromatic rings. The highest BCUT2D eigenvalue weighted by Gasteiger charge is 2.51. The summed E-state index contributed by atoms with van der Waals surface area (Å²) in [6.45, 7) is 5.40. The van der Waals surface area contributed by atoms with Crippen LogP contribution in [0, 0.1) is 0 Å².